The number of primary sulfonamides is 1. The molecule has 0 aliphatic carbocycles. The van der Waals surface area contributed by atoms with E-state index in [0.29, 0.717) is 13.0 Å². The Hall–Kier alpha value is -2.95. The summed E-state index contributed by atoms with van der Waals surface area (Å²) < 4.78 is 24.5. The van der Waals surface area contributed by atoms with E-state index in [4.69, 9.17) is 5.14 Å². The maximum absolute atomic E-state index is 12.6. The fourth-order valence-corrected chi connectivity index (χ4v) is 4.97. The Morgan fingerprint density at radius 3 is 2.48 bits per heavy atom. The van der Waals surface area contributed by atoms with Gasteiger partial charge in [-0.15, -0.1) is 0 Å². The summed E-state index contributed by atoms with van der Waals surface area (Å²) in [5.41, 5.74) is 2.60. The van der Waals surface area contributed by atoms with E-state index >= 15 is 0 Å². The van der Waals surface area contributed by atoms with Gasteiger partial charge in [-0.3, -0.25) is 14.3 Å². The molecule has 1 atom stereocenters. The van der Waals surface area contributed by atoms with Gasteiger partial charge in [0.15, 0.2) is 0 Å². The lowest BCUT2D eigenvalue weighted by Gasteiger charge is -2.35. The number of carbonyl (C=O) groups excluding carboxylic acids is 1. The van der Waals surface area contributed by atoms with Gasteiger partial charge in [0.2, 0.25) is 15.9 Å². The number of carbonyl (C=O) groups is 1. The van der Waals surface area contributed by atoms with Crippen molar-refractivity contribution < 1.29 is 13.2 Å². The molecule has 10 heteroatoms. The Labute approximate surface area is 192 Å². The van der Waals surface area contributed by atoms with Crippen LogP contribution in [0.3, 0.4) is 0 Å². The van der Waals surface area contributed by atoms with Crippen LogP contribution in [0.25, 0.3) is 11.0 Å². The van der Waals surface area contributed by atoms with Crippen LogP contribution >= 0.6 is 0 Å². The minimum Gasteiger partial charge on any atom is -0.354 e. The van der Waals surface area contributed by atoms with Crippen molar-refractivity contribution in [2.24, 2.45) is 5.14 Å². The first-order valence-electron chi connectivity index (χ1n) is 11.1. The van der Waals surface area contributed by atoms with Crippen LogP contribution in [0.1, 0.15) is 31.4 Å². The molecule has 1 amide bonds. The standard InChI is InChI=1S/C23H29N5O4S/c1-16(22(29)25-13-10-17-6-8-19(9-7-17)33(24,31)32)27-14-11-18(12-15-27)28-21-5-3-2-4-20(21)26-23(28)30/h2-9,16,18H,10-15H2,1H3,(H,25,29)(H,26,30)(H2,24,31,32)/t16-/m1/s1. The molecule has 3 aromatic rings. The summed E-state index contributed by atoms with van der Waals surface area (Å²) in [6.07, 6.45) is 2.19. The molecule has 0 bridgehead atoms. The molecular weight excluding hydrogens is 442 g/mol. The molecule has 1 fully saturated rings. The third-order valence-electron chi connectivity index (χ3n) is 6.38. The number of H-pyrrole nitrogens is 1. The Balaban J connectivity index is 1.28. The highest BCUT2D eigenvalue weighted by Gasteiger charge is 2.28. The minimum absolute atomic E-state index is 0.0427. The number of fused-ring (bicyclic) bond motifs is 1. The second-order valence-electron chi connectivity index (χ2n) is 8.49. The van der Waals surface area contributed by atoms with Gasteiger partial charge in [0.1, 0.15) is 0 Å². The molecule has 0 unspecified atom stereocenters. The molecule has 1 saturated heterocycles. The Morgan fingerprint density at radius 2 is 1.82 bits per heavy atom. The van der Waals surface area contributed by atoms with Gasteiger partial charge in [0.05, 0.1) is 22.0 Å². The molecule has 4 rings (SSSR count). The molecule has 1 aliphatic heterocycles. The second-order valence-corrected chi connectivity index (χ2v) is 10.1. The van der Waals surface area contributed by atoms with Crippen molar-refractivity contribution in [3.8, 4) is 0 Å². The molecular formula is C23H29N5O4S. The van der Waals surface area contributed by atoms with Gasteiger partial charge in [-0.25, -0.2) is 18.4 Å². The third kappa shape index (κ3) is 5.18. The number of rotatable bonds is 7. The van der Waals surface area contributed by atoms with Crippen molar-refractivity contribution in [3.63, 3.8) is 0 Å². The maximum atomic E-state index is 12.6. The van der Waals surface area contributed by atoms with Gasteiger partial charge in [-0.05, 0) is 56.0 Å². The van der Waals surface area contributed by atoms with Crippen LogP contribution in [-0.4, -0.2) is 54.5 Å². The normalized spacial score (nSPS) is 16.7. The van der Waals surface area contributed by atoms with Crippen LogP contribution in [0.15, 0.2) is 58.2 Å². The van der Waals surface area contributed by atoms with E-state index in [-0.39, 0.29) is 28.6 Å². The summed E-state index contributed by atoms with van der Waals surface area (Å²) in [6.45, 7) is 3.83. The molecule has 9 nitrogen and oxygen atoms in total. The van der Waals surface area contributed by atoms with E-state index in [2.05, 4.69) is 15.2 Å². The quantitative estimate of drug-likeness (QED) is 0.479. The zero-order chi connectivity index (χ0) is 23.6. The number of hydrogen-bond donors (Lipinski definition) is 3. The summed E-state index contributed by atoms with van der Waals surface area (Å²) in [5, 5.41) is 8.07. The molecule has 1 aromatic heterocycles. The molecule has 2 heterocycles. The number of piperidine rings is 1. The predicted octanol–water partition coefficient (Wildman–Crippen LogP) is 1.36. The van der Waals surface area contributed by atoms with E-state index in [1.165, 1.54) is 12.1 Å². The molecule has 2 aromatic carbocycles. The second kappa shape index (κ2) is 9.50. The minimum atomic E-state index is -3.70. The largest absolute Gasteiger partial charge is 0.354 e. The number of para-hydroxylation sites is 2. The zero-order valence-corrected chi connectivity index (χ0v) is 19.3. The van der Waals surface area contributed by atoms with Crippen LogP contribution < -0.4 is 16.1 Å². The lowest BCUT2D eigenvalue weighted by molar-refractivity contribution is -0.126. The van der Waals surface area contributed by atoms with Crippen molar-refractivity contribution in [1.82, 2.24) is 19.8 Å². The van der Waals surface area contributed by atoms with Crippen LogP contribution in [0.2, 0.25) is 0 Å². The lowest BCUT2D eigenvalue weighted by Crippen LogP contribution is -2.49. The summed E-state index contributed by atoms with van der Waals surface area (Å²) in [4.78, 5) is 30.2. The fraction of sp³-hybridized carbons (Fsp3) is 0.391. The Morgan fingerprint density at radius 1 is 1.15 bits per heavy atom. The molecule has 0 saturated carbocycles. The van der Waals surface area contributed by atoms with Crippen molar-refractivity contribution >= 4 is 27.0 Å². The third-order valence-corrected chi connectivity index (χ3v) is 7.31. The first-order chi connectivity index (χ1) is 15.7. The average molecular weight is 472 g/mol. The number of benzene rings is 2. The van der Waals surface area contributed by atoms with E-state index in [1.54, 1.807) is 12.1 Å². The van der Waals surface area contributed by atoms with Gasteiger partial charge in [-0.1, -0.05) is 24.3 Å². The van der Waals surface area contributed by atoms with Gasteiger partial charge in [0.25, 0.3) is 0 Å². The summed E-state index contributed by atoms with van der Waals surface area (Å²) in [5.74, 6) is -0.0427. The SMILES string of the molecule is C[C@H](C(=O)NCCc1ccc(S(N)(=O)=O)cc1)N1CCC(n2c(=O)[nH]c3ccccc32)CC1. The summed E-state index contributed by atoms with van der Waals surface area (Å²) in [7, 11) is -3.70. The first kappa shape index (κ1) is 23.2. The number of aromatic nitrogens is 2. The highest BCUT2D eigenvalue weighted by Crippen LogP contribution is 2.25. The first-order valence-corrected chi connectivity index (χ1v) is 12.6. The average Bonchev–Trinajstić information content (AvgIpc) is 3.14. The Bertz CT molecular complexity index is 1290. The highest BCUT2D eigenvalue weighted by molar-refractivity contribution is 7.89. The smallest absolute Gasteiger partial charge is 0.326 e. The number of aromatic amines is 1. The van der Waals surface area contributed by atoms with E-state index in [0.717, 1.165) is 42.5 Å². The topological polar surface area (TPSA) is 130 Å². The van der Waals surface area contributed by atoms with Gasteiger partial charge >= 0.3 is 5.69 Å². The van der Waals surface area contributed by atoms with E-state index in [9.17, 15) is 18.0 Å². The van der Waals surface area contributed by atoms with Crippen LogP contribution in [0.5, 0.6) is 0 Å². The van der Waals surface area contributed by atoms with Crippen molar-refractivity contribution in [2.75, 3.05) is 19.6 Å². The number of nitrogens with one attached hydrogen (secondary N) is 2. The highest BCUT2D eigenvalue weighted by atomic mass is 32.2. The molecule has 1 aliphatic rings. The van der Waals surface area contributed by atoms with E-state index in [1.807, 2.05) is 35.8 Å². The van der Waals surface area contributed by atoms with Crippen molar-refractivity contribution in [1.29, 1.82) is 0 Å². The maximum Gasteiger partial charge on any atom is 0.326 e. The number of amides is 1. The number of nitrogens with zero attached hydrogens (tertiary/aromatic N) is 2. The number of hydrogen-bond acceptors (Lipinski definition) is 5. The lowest BCUT2D eigenvalue weighted by atomic mass is 10.0. The van der Waals surface area contributed by atoms with Crippen LogP contribution in [-0.2, 0) is 21.2 Å². The molecule has 33 heavy (non-hydrogen) atoms. The number of nitrogens with two attached hydrogens (primary N) is 1. The van der Waals surface area contributed by atoms with E-state index < -0.39 is 10.0 Å². The van der Waals surface area contributed by atoms with Crippen molar-refractivity contribution in [2.45, 2.75) is 43.2 Å². The molecule has 0 spiro atoms. The molecule has 176 valence electrons. The number of likely N-dealkylation sites (tertiary alicyclic amines) is 1. The van der Waals surface area contributed by atoms with Crippen LogP contribution in [0, 0.1) is 0 Å². The fourth-order valence-electron chi connectivity index (χ4n) is 4.46. The number of sulfonamides is 1. The van der Waals surface area contributed by atoms with Gasteiger partial charge in [-0.2, -0.15) is 0 Å². The number of imidazole rings is 1. The van der Waals surface area contributed by atoms with Crippen LogP contribution in [0.4, 0.5) is 0 Å². The Kier molecular flexibility index (Phi) is 6.68. The van der Waals surface area contributed by atoms with Gasteiger partial charge < -0.3 is 10.3 Å². The summed E-state index contributed by atoms with van der Waals surface area (Å²) in [6, 6.07) is 13.9. The molecule has 4 N–H and O–H groups in total. The summed E-state index contributed by atoms with van der Waals surface area (Å²) >= 11 is 0. The zero-order valence-electron chi connectivity index (χ0n) is 18.5. The van der Waals surface area contributed by atoms with Gasteiger partial charge in [0, 0.05) is 25.7 Å². The monoisotopic (exact) mass is 471 g/mol. The van der Waals surface area contributed by atoms with Crippen molar-refractivity contribution in [3.05, 3.63) is 64.6 Å². The predicted molar refractivity (Wildman–Crippen MR) is 126 cm³/mol. The molecule has 0 radical (unpaired) electrons.